The van der Waals surface area contributed by atoms with Crippen molar-refractivity contribution in [3.05, 3.63) is 16.1 Å². The van der Waals surface area contributed by atoms with Gasteiger partial charge in [0.25, 0.3) is 5.91 Å². The lowest BCUT2D eigenvalue weighted by molar-refractivity contribution is 0.0923. The van der Waals surface area contributed by atoms with Crippen LogP contribution >= 0.6 is 11.3 Å². The lowest BCUT2D eigenvalue weighted by Crippen LogP contribution is -2.41. The predicted octanol–water partition coefficient (Wildman–Crippen LogP) is 1.45. The van der Waals surface area contributed by atoms with Crippen LogP contribution in [0, 0.1) is 0 Å². The summed E-state index contributed by atoms with van der Waals surface area (Å²) in [7, 11) is -0.771. The van der Waals surface area contributed by atoms with Gasteiger partial charge in [-0.05, 0) is 25.8 Å². The number of hydrogen-bond acceptors (Lipinski definition) is 5. The molecule has 1 fully saturated rings. The first-order chi connectivity index (χ1) is 10.1. The van der Waals surface area contributed by atoms with Crippen LogP contribution in [0.5, 0.6) is 0 Å². The summed E-state index contributed by atoms with van der Waals surface area (Å²) < 4.78 is 11.9. The molecule has 1 amide bonds. The average Bonchev–Trinajstić information content (AvgIpc) is 2.96. The first-order valence-corrected chi connectivity index (χ1v) is 9.72. The number of amides is 1. The van der Waals surface area contributed by atoms with E-state index in [9.17, 15) is 9.00 Å². The maximum atomic E-state index is 12.2. The summed E-state index contributed by atoms with van der Waals surface area (Å²) in [6.07, 6.45) is 4.51. The molecule has 7 heteroatoms. The van der Waals surface area contributed by atoms with Crippen LogP contribution in [0.1, 0.15) is 48.1 Å². The van der Waals surface area contributed by atoms with E-state index in [1.807, 2.05) is 6.92 Å². The smallest absolute Gasteiger partial charge is 0.270 e. The fourth-order valence-corrected chi connectivity index (χ4v) is 4.81. The molecule has 0 bridgehead atoms. The van der Waals surface area contributed by atoms with Crippen molar-refractivity contribution in [3.63, 3.8) is 0 Å². The van der Waals surface area contributed by atoms with Crippen molar-refractivity contribution in [2.24, 2.45) is 5.73 Å². The van der Waals surface area contributed by atoms with Gasteiger partial charge >= 0.3 is 0 Å². The van der Waals surface area contributed by atoms with E-state index in [0.29, 0.717) is 24.4 Å². The van der Waals surface area contributed by atoms with Gasteiger partial charge in [0.2, 0.25) is 0 Å². The molecule has 1 aromatic rings. The van der Waals surface area contributed by atoms with Crippen LogP contribution in [0.4, 0.5) is 0 Å². The Hall–Kier alpha value is -0.790. The Balaban J connectivity index is 1.90. The largest absolute Gasteiger partial charge is 0.348 e. The van der Waals surface area contributed by atoms with E-state index in [2.05, 4.69) is 10.3 Å². The topological polar surface area (TPSA) is 85.1 Å². The molecule has 1 saturated carbocycles. The lowest BCUT2D eigenvalue weighted by atomic mass is 9.95. The summed E-state index contributed by atoms with van der Waals surface area (Å²) in [6.45, 7) is 2.49. The van der Waals surface area contributed by atoms with Crippen LogP contribution in [0.15, 0.2) is 5.38 Å². The SMILES string of the molecule is CCS(=O)C1CCCC(NC(=O)c2csc(CCN)n2)C1. The van der Waals surface area contributed by atoms with Crippen LogP contribution < -0.4 is 11.1 Å². The highest BCUT2D eigenvalue weighted by atomic mass is 32.2. The van der Waals surface area contributed by atoms with Gasteiger partial charge in [0, 0.05) is 39.6 Å². The van der Waals surface area contributed by atoms with Gasteiger partial charge in [0.05, 0.1) is 5.01 Å². The Morgan fingerprint density at radius 1 is 1.57 bits per heavy atom. The van der Waals surface area contributed by atoms with Gasteiger partial charge in [0.15, 0.2) is 0 Å². The predicted molar refractivity (Wildman–Crippen MR) is 87.1 cm³/mol. The highest BCUT2D eigenvalue weighted by molar-refractivity contribution is 7.85. The number of nitrogens with one attached hydrogen (secondary N) is 1. The Morgan fingerprint density at radius 2 is 2.38 bits per heavy atom. The molecule has 2 rings (SSSR count). The fraction of sp³-hybridized carbons (Fsp3) is 0.714. The Bertz CT molecular complexity index is 504. The zero-order chi connectivity index (χ0) is 15.2. The molecule has 0 saturated heterocycles. The van der Waals surface area contributed by atoms with E-state index < -0.39 is 10.8 Å². The van der Waals surface area contributed by atoms with Crippen LogP contribution in [-0.4, -0.2) is 38.7 Å². The molecule has 1 aromatic heterocycles. The van der Waals surface area contributed by atoms with Gasteiger partial charge in [0.1, 0.15) is 5.69 Å². The molecule has 5 nitrogen and oxygen atoms in total. The highest BCUT2D eigenvalue weighted by Crippen LogP contribution is 2.23. The number of hydrogen-bond donors (Lipinski definition) is 2. The molecule has 1 aliphatic rings. The molecular weight excluding hydrogens is 306 g/mol. The number of carbonyl (C=O) groups excluding carboxylic acids is 1. The molecule has 3 unspecified atom stereocenters. The Labute approximate surface area is 132 Å². The van der Waals surface area contributed by atoms with Crippen LogP contribution in [-0.2, 0) is 17.2 Å². The van der Waals surface area contributed by atoms with Crippen molar-refractivity contribution >= 4 is 28.0 Å². The molecule has 0 radical (unpaired) electrons. The molecule has 0 spiro atoms. The molecule has 1 aliphatic carbocycles. The third-order valence-electron chi connectivity index (χ3n) is 3.76. The van der Waals surface area contributed by atoms with Crippen LogP contribution in [0.3, 0.4) is 0 Å². The normalized spacial score (nSPS) is 23.7. The quantitative estimate of drug-likeness (QED) is 0.827. The molecule has 1 heterocycles. The zero-order valence-electron chi connectivity index (χ0n) is 12.3. The number of rotatable bonds is 6. The monoisotopic (exact) mass is 329 g/mol. The molecule has 3 atom stereocenters. The van der Waals surface area contributed by atoms with Crippen molar-refractivity contribution in [2.75, 3.05) is 12.3 Å². The minimum absolute atomic E-state index is 0.117. The van der Waals surface area contributed by atoms with Crippen molar-refractivity contribution in [2.45, 2.75) is 50.3 Å². The zero-order valence-corrected chi connectivity index (χ0v) is 14.0. The first kappa shape index (κ1) is 16.6. The summed E-state index contributed by atoms with van der Waals surface area (Å²) in [4.78, 5) is 16.5. The molecule has 0 aliphatic heterocycles. The second kappa shape index (κ2) is 8.00. The van der Waals surface area contributed by atoms with Gasteiger partial charge in [-0.1, -0.05) is 13.3 Å². The van der Waals surface area contributed by atoms with Crippen molar-refractivity contribution in [1.29, 1.82) is 0 Å². The number of carbonyl (C=O) groups is 1. The van der Waals surface area contributed by atoms with E-state index in [0.717, 1.165) is 30.7 Å². The Morgan fingerprint density at radius 3 is 3.10 bits per heavy atom. The van der Waals surface area contributed by atoms with E-state index >= 15 is 0 Å². The lowest BCUT2D eigenvalue weighted by Gasteiger charge is -2.28. The van der Waals surface area contributed by atoms with E-state index in [1.54, 1.807) is 5.38 Å². The third kappa shape index (κ3) is 4.59. The maximum absolute atomic E-state index is 12.2. The Kier molecular flexibility index (Phi) is 6.32. The molecule has 21 heavy (non-hydrogen) atoms. The summed E-state index contributed by atoms with van der Waals surface area (Å²) >= 11 is 1.47. The van der Waals surface area contributed by atoms with Crippen molar-refractivity contribution < 1.29 is 9.00 Å². The van der Waals surface area contributed by atoms with Crippen molar-refractivity contribution in [1.82, 2.24) is 10.3 Å². The maximum Gasteiger partial charge on any atom is 0.270 e. The van der Waals surface area contributed by atoms with Crippen LogP contribution in [0.25, 0.3) is 0 Å². The molecular formula is C14H23N3O2S2. The molecule has 118 valence electrons. The third-order valence-corrected chi connectivity index (χ3v) is 6.41. The standard InChI is InChI=1S/C14H23N3O2S2/c1-2-21(19)11-5-3-4-10(8-11)16-14(18)12-9-20-13(17-12)6-7-15/h9-11H,2-8,15H2,1H3,(H,16,18). The summed E-state index contributed by atoms with van der Waals surface area (Å²) in [6, 6.07) is 0.117. The summed E-state index contributed by atoms with van der Waals surface area (Å²) in [5.41, 5.74) is 5.96. The second-order valence-electron chi connectivity index (χ2n) is 5.29. The number of thiazole rings is 1. The van der Waals surface area contributed by atoms with Gasteiger partial charge in [-0.2, -0.15) is 0 Å². The number of nitrogens with two attached hydrogens (primary N) is 1. The van der Waals surface area contributed by atoms with E-state index in [4.69, 9.17) is 5.73 Å². The average molecular weight is 329 g/mol. The van der Waals surface area contributed by atoms with Crippen LogP contribution in [0.2, 0.25) is 0 Å². The minimum atomic E-state index is -0.771. The first-order valence-electron chi connectivity index (χ1n) is 7.46. The summed E-state index contributed by atoms with van der Waals surface area (Å²) in [5.74, 6) is 0.572. The summed E-state index contributed by atoms with van der Waals surface area (Å²) in [5, 5.41) is 5.94. The molecule has 0 aromatic carbocycles. The highest BCUT2D eigenvalue weighted by Gasteiger charge is 2.27. The number of aromatic nitrogens is 1. The second-order valence-corrected chi connectivity index (χ2v) is 8.24. The number of nitrogens with zero attached hydrogens (tertiary/aromatic N) is 1. The van der Waals surface area contributed by atoms with E-state index in [1.165, 1.54) is 11.3 Å². The van der Waals surface area contributed by atoms with Gasteiger partial charge in [-0.25, -0.2) is 4.98 Å². The van der Waals surface area contributed by atoms with Gasteiger partial charge in [-0.15, -0.1) is 11.3 Å². The van der Waals surface area contributed by atoms with Gasteiger partial charge in [-0.3, -0.25) is 9.00 Å². The fourth-order valence-electron chi connectivity index (χ4n) is 2.66. The molecule has 3 N–H and O–H groups in total. The minimum Gasteiger partial charge on any atom is -0.348 e. The van der Waals surface area contributed by atoms with Crippen molar-refractivity contribution in [3.8, 4) is 0 Å². The van der Waals surface area contributed by atoms with Gasteiger partial charge < -0.3 is 11.1 Å². The van der Waals surface area contributed by atoms with E-state index in [-0.39, 0.29) is 17.2 Å².